The summed E-state index contributed by atoms with van der Waals surface area (Å²) in [5, 5.41) is 2.93. The lowest BCUT2D eigenvalue weighted by molar-refractivity contribution is 1.07. The van der Waals surface area contributed by atoms with E-state index in [0.717, 1.165) is 17.7 Å². The zero-order valence-electron chi connectivity index (χ0n) is 6.62. The third kappa shape index (κ3) is 1.37. The Labute approximate surface area is 71.6 Å². The molecular formula is C10H9N2. The van der Waals surface area contributed by atoms with E-state index in [1.165, 1.54) is 0 Å². The van der Waals surface area contributed by atoms with Crippen molar-refractivity contribution in [3.05, 3.63) is 48.6 Å². The summed E-state index contributed by atoms with van der Waals surface area (Å²) >= 11 is 0. The van der Waals surface area contributed by atoms with Gasteiger partial charge >= 0.3 is 0 Å². The predicted molar refractivity (Wildman–Crippen MR) is 47.8 cm³/mol. The maximum absolute atomic E-state index is 4.23. The molecule has 0 atom stereocenters. The molecule has 0 spiro atoms. The molecule has 0 saturated carbocycles. The lowest BCUT2D eigenvalue weighted by atomic mass is 10.1. The standard InChI is InChI=1S/C10H9N2/c1-2-7-12-10(5-1)9-4-3-6-11-8-9/h1-3,5-7,11H,4H2. The van der Waals surface area contributed by atoms with Crippen LogP contribution in [-0.2, 0) is 0 Å². The fourth-order valence-electron chi connectivity index (χ4n) is 1.13. The minimum atomic E-state index is 0.907. The normalized spacial score (nSPS) is 15.2. The van der Waals surface area contributed by atoms with E-state index in [4.69, 9.17) is 0 Å². The van der Waals surface area contributed by atoms with Gasteiger partial charge in [0.05, 0.1) is 11.9 Å². The van der Waals surface area contributed by atoms with Gasteiger partial charge in [0, 0.05) is 11.8 Å². The molecule has 0 bridgehead atoms. The van der Waals surface area contributed by atoms with Crippen LogP contribution < -0.4 is 5.32 Å². The van der Waals surface area contributed by atoms with Crippen LogP contribution >= 0.6 is 0 Å². The number of rotatable bonds is 1. The summed E-state index contributed by atoms with van der Waals surface area (Å²) in [6.45, 7) is 0. The molecule has 1 N–H and O–H groups in total. The third-order valence-electron chi connectivity index (χ3n) is 1.72. The summed E-state index contributed by atoms with van der Waals surface area (Å²) in [6, 6.07) is 5.88. The molecule has 2 heterocycles. The summed E-state index contributed by atoms with van der Waals surface area (Å²) in [5.74, 6) is 0. The number of nitrogens with zero attached hydrogens (tertiary/aromatic N) is 1. The van der Waals surface area contributed by atoms with Gasteiger partial charge in [0.15, 0.2) is 0 Å². The van der Waals surface area contributed by atoms with E-state index in [-0.39, 0.29) is 0 Å². The number of pyridine rings is 1. The Morgan fingerprint density at radius 2 is 2.42 bits per heavy atom. The van der Waals surface area contributed by atoms with E-state index in [1.54, 1.807) is 6.20 Å². The van der Waals surface area contributed by atoms with E-state index >= 15 is 0 Å². The Kier molecular flexibility index (Phi) is 1.90. The molecule has 0 saturated heterocycles. The monoisotopic (exact) mass is 157 g/mol. The van der Waals surface area contributed by atoms with Gasteiger partial charge in [0.25, 0.3) is 0 Å². The van der Waals surface area contributed by atoms with Gasteiger partial charge in [-0.3, -0.25) is 4.98 Å². The number of allylic oxidation sites excluding steroid dienone is 2. The van der Waals surface area contributed by atoms with Crippen LogP contribution in [0.4, 0.5) is 0 Å². The van der Waals surface area contributed by atoms with Gasteiger partial charge in [-0.25, -0.2) is 0 Å². The average molecular weight is 157 g/mol. The van der Waals surface area contributed by atoms with Crippen molar-refractivity contribution in [2.45, 2.75) is 6.42 Å². The Hall–Kier alpha value is -1.57. The average Bonchev–Trinajstić information content (AvgIpc) is 2.21. The van der Waals surface area contributed by atoms with Crippen molar-refractivity contribution in [1.29, 1.82) is 0 Å². The van der Waals surface area contributed by atoms with Crippen molar-refractivity contribution in [2.75, 3.05) is 0 Å². The first kappa shape index (κ1) is 7.10. The van der Waals surface area contributed by atoms with Gasteiger partial charge in [-0.05, 0) is 24.8 Å². The van der Waals surface area contributed by atoms with E-state index in [2.05, 4.69) is 22.6 Å². The molecule has 0 aromatic carbocycles. The van der Waals surface area contributed by atoms with Gasteiger partial charge in [-0.2, -0.15) is 0 Å². The van der Waals surface area contributed by atoms with Crippen LogP contribution in [0.1, 0.15) is 12.1 Å². The fraction of sp³-hybridized carbons (Fsp3) is 0.100. The molecule has 1 aliphatic rings. The van der Waals surface area contributed by atoms with Crippen molar-refractivity contribution < 1.29 is 0 Å². The number of hydrogen-bond acceptors (Lipinski definition) is 2. The van der Waals surface area contributed by atoms with E-state index < -0.39 is 0 Å². The van der Waals surface area contributed by atoms with Crippen LogP contribution in [0.15, 0.2) is 36.7 Å². The molecule has 2 heteroatoms. The zero-order chi connectivity index (χ0) is 8.23. The maximum atomic E-state index is 4.23. The molecule has 59 valence electrons. The van der Waals surface area contributed by atoms with Crippen LogP contribution in [0, 0.1) is 6.20 Å². The number of aromatic nitrogens is 1. The van der Waals surface area contributed by atoms with E-state index in [0.29, 0.717) is 0 Å². The van der Waals surface area contributed by atoms with Gasteiger partial charge in [0.1, 0.15) is 0 Å². The summed E-state index contributed by atoms with van der Waals surface area (Å²) in [4.78, 5) is 4.23. The largest absolute Gasteiger partial charge is 0.360 e. The van der Waals surface area contributed by atoms with Crippen LogP contribution in [0.5, 0.6) is 0 Å². The first-order valence-corrected chi connectivity index (χ1v) is 3.90. The highest BCUT2D eigenvalue weighted by atomic mass is 14.8. The van der Waals surface area contributed by atoms with Crippen molar-refractivity contribution in [3.63, 3.8) is 0 Å². The fourth-order valence-corrected chi connectivity index (χ4v) is 1.13. The first-order chi connectivity index (χ1) is 5.97. The van der Waals surface area contributed by atoms with Crippen LogP contribution in [0.2, 0.25) is 0 Å². The van der Waals surface area contributed by atoms with E-state index in [1.807, 2.05) is 24.4 Å². The minimum Gasteiger partial charge on any atom is -0.360 e. The minimum absolute atomic E-state index is 0.907. The molecule has 12 heavy (non-hydrogen) atoms. The Morgan fingerprint density at radius 3 is 3.08 bits per heavy atom. The topological polar surface area (TPSA) is 24.9 Å². The smallest absolute Gasteiger partial charge is 0.0686 e. The molecule has 1 aromatic heterocycles. The Bertz CT molecular complexity index is 312. The van der Waals surface area contributed by atoms with Gasteiger partial charge < -0.3 is 5.32 Å². The second-order valence-corrected chi connectivity index (χ2v) is 2.57. The molecule has 0 fully saturated rings. The molecule has 2 nitrogen and oxygen atoms in total. The number of dihydropyridines is 1. The lowest BCUT2D eigenvalue weighted by Gasteiger charge is -2.06. The van der Waals surface area contributed by atoms with Crippen molar-refractivity contribution in [3.8, 4) is 0 Å². The SMILES string of the molecule is [C]1=C(c2ccccn2)CC=CN1. The van der Waals surface area contributed by atoms with Gasteiger partial charge in [0.2, 0.25) is 0 Å². The van der Waals surface area contributed by atoms with Crippen molar-refractivity contribution >= 4 is 5.57 Å². The number of hydrogen-bond donors (Lipinski definition) is 1. The summed E-state index contributed by atoms with van der Waals surface area (Å²) in [6.07, 6.45) is 9.69. The molecule has 0 aliphatic carbocycles. The Balaban J connectivity index is 2.26. The highest BCUT2D eigenvalue weighted by Gasteiger charge is 2.02. The molecule has 1 aliphatic heterocycles. The van der Waals surface area contributed by atoms with E-state index in [9.17, 15) is 0 Å². The van der Waals surface area contributed by atoms with Crippen molar-refractivity contribution in [1.82, 2.24) is 10.3 Å². The molecule has 0 amide bonds. The first-order valence-electron chi connectivity index (χ1n) is 3.90. The highest BCUT2D eigenvalue weighted by molar-refractivity contribution is 5.62. The predicted octanol–water partition coefficient (Wildman–Crippen LogP) is 1.73. The second-order valence-electron chi connectivity index (χ2n) is 2.57. The van der Waals surface area contributed by atoms with Gasteiger partial charge in [-0.1, -0.05) is 12.1 Å². The van der Waals surface area contributed by atoms with Gasteiger partial charge in [-0.15, -0.1) is 0 Å². The summed E-state index contributed by atoms with van der Waals surface area (Å²) in [5.41, 5.74) is 2.10. The Morgan fingerprint density at radius 1 is 1.42 bits per heavy atom. The second kappa shape index (κ2) is 3.22. The molecule has 1 aromatic rings. The molecule has 0 unspecified atom stereocenters. The third-order valence-corrected chi connectivity index (χ3v) is 1.72. The summed E-state index contributed by atoms with van der Waals surface area (Å²) in [7, 11) is 0. The molecule has 1 radical (unpaired) electrons. The zero-order valence-corrected chi connectivity index (χ0v) is 6.62. The maximum Gasteiger partial charge on any atom is 0.0686 e. The quantitative estimate of drug-likeness (QED) is 0.671. The van der Waals surface area contributed by atoms with Crippen LogP contribution in [0.3, 0.4) is 0 Å². The molecule has 2 rings (SSSR count). The summed E-state index contributed by atoms with van der Waals surface area (Å²) < 4.78 is 0. The highest BCUT2D eigenvalue weighted by Crippen LogP contribution is 2.16. The van der Waals surface area contributed by atoms with Crippen LogP contribution in [0.25, 0.3) is 5.57 Å². The number of nitrogens with one attached hydrogen (secondary N) is 1. The van der Waals surface area contributed by atoms with Crippen LogP contribution in [-0.4, -0.2) is 4.98 Å². The lowest BCUT2D eigenvalue weighted by Crippen LogP contribution is -2.02. The molecular weight excluding hydrogens is 148 g/mol. The van der Waals surface area contributed by atoms with Crippen molar-refractivity contribution in [2.24, 2.45) is 0 Å².